The number of nitrogens with one attached hydrogen (secondary N) is 2. The molecule has 2 rings (SSSR count). The molecule has 0 fully saturated rings. The second-order valence-electron chi connectivity index (χ2n) is 5.71. The van der Waals surface area contributed by atoms with Crippen molar-refractivity contribution in [1.29, 1.82) is 0 Å². The predicted molar refractivity (Wildman–Crippen MR) is 88.5 cm³/mol. The van der Waals surface area contributed by atoms with E-state index in [1.807, 2.05) is 6.07 Å². The van der Waals surface area contributed by atoms with Crippen molar-refractivity contribution < 1.29 is 0 Å². The molecule has 0 spiro atoms. The summed E-state index contributed by atoms with van der Waals surface area (Å²) in [4.78, 5) is 8.71. The zero-order chi connectivity index (χ0) is 15.1. The summed E-state index contributed by atoms with van der Waals surface area (Å²) in [5.41, 5.74) is 2.52. The molecular formula is C17H24N4. The van der Waals surface area contributed by atoms with E-state index in [9.17, 15) is 0 Å². The maximum absolute atomic E-state index is 4.47. The molecule has 1 aromatic carbocycles. The number of aromatic nitrogens is 2. The van der Waals surface area contributed by atoms with Crippen LogP contribution >= 0.6 is 0 Å². The van der Waals surface area contributed by atoms with Gasteiger partial charge in [0.25, 0.3) is 0 Å². The predicted octanol–water partition coefficient (Wildman–Crippen LogP) is 3.86. The van der Waals surface area contributed by atoms with Crippen molar-refractivity contribution in [3.05, 3.63) is 47.7 Å². The lowest BCUT2D eigenvalue weighted by atomic mass is 10.1. The Hall–Kier alpha value is -2.10. The fourth-order valence-corrected chi connectivity index (χ4v) is 1.91. The van der Waals surface area contributed by atoms with Crippen LogP contribution in [0.4, 0.5) is 11.8 Å². The van der Waals surface area contributed by atoms with Crippen molar-refractivity contribution >= 4 is 11.8 Å². The first-order chi connectivity index (χ1) is 10.1. The molecule has 1 heterocycles. The Morgan fingerprint density at radius 2 is 1.81 bits per heavy atom. The topological polar surface area (TPSA) is 49.8 Å². The minimum atomic E-state index is 0.681. The van der Waals surface area contributed by atoms with Gasteiger partial charge in [0, 0.05) is 19.3 Å². The van der Waals surface area contributed by atoms with Gasteiger partial charge in [-0.25, -0.2) is 4.98 Å². The first-order valence-corrected chi connectivity index (χ1v) is 7.50. The molecule has 21 heavy (non-hydrogen) atoms. The summed E-state index contributed by atoms with van der Waals surface area (Å²) in [6, 6.07) is 10.4. The summed E-state index contributed by atoms with van der Waals surface area (Å²) in [7, 11) is 0. The van der Waals surface area contributed by atoms with Crippen molar-refractivity contribution in [3.63, 3.8) is 0 Å². The van der Waals surface area contributed by atoms with E-state index in [4.69, 9.17) is 0 Å². The Bertz CT molecular complexity index is 549. The lowest BCUT2D eigenvalue weighted by Crippen LogP contribution is -2.09. The number of hydrogen-bond acceptors (Lipinski definition) is 4. The standard InChI is InChI=1S/C17H24N4/c1-13(2)8-10-18-17-19-11-9-16(21-17)20-12-15-6-4-14(3)5-7-15/h4-7,9,11,13H,8,10,12H2,1-3H3,(H2,18,19,20,21). The molecule has 0 saturated carbocycles. The molecule has 0 aliphatic heterocycles. The largest absolute Gasteiger partial charge is 0.366 e. The molecule has 0 amide bonds. The third kappa shape index (κ3) is 5.42. The van der Waals surface area contributed by atoms with E-state index in [1.54, 1.807) is 6.20 Å². The molecule has 0 aliphatic carbocycles. The molecule has 2 aromatic rings. The monoisotopic (exact) mass is 284 g/mol. The van der Waals surface area contributed by atoms with Crippen LogP contribution in [-0.2, 0) is 6.54 Å². The molecule has 1 aromatic heterocycles. The van der Waals surface area contributed by atoms with Crippen LogP contribution < -0.4 is 10.6 Å². The van der Waals surface area contributed by atoms with Gasteiger partial charge in [-0.1, -0.05) is 43.7 Å². The van der Waals surface area contributed by atoms with Crippen LogP contribution in [0, 0.1) is 12.8 Å². The molecule has 0 saturated heterocycles. The maximum atomic E-state index is 4.47. The normalized spacial score (nSPS) is 10.7. The molecule has 0 bridgehead atoms. The fraction of sp³-hybridized carbons (Fsp3) is 0.412. The Kier molecular flexibility index (Phi) is 5.55. The van der Waals surface area contributed by atoms with E-state index < -0.39 is 0 Å². The SMILES string of the molecule is Cc1ccc(CNc2ccnc(NCCC(C)C)n2)cc1. The number of rotatable bonds is 7. The van der Waals surface area contributed by atoms with E-state index in [0.717, 1.165) is 25.3 Å². The Morgan fingerprint density at radius 3 is 2.52 bits per heavy atom. The van der Waals surface area contributed by atoms with Gasteiger partial charge in [0.05, 0.1) is 0 Å². The molecule has 0 unspecified atom stereocenters. The number of nitrogens with zero attached hydrogens (tertiary/aromatic N) is 2. The van der Waals surface area contributed by atoms with Gasteiger partial charge >= 0.3 is 0 Å². The van der Waals surface area contributed by atoms with E-state index in [0.29, 0.717) is 11.9 Å². The minimum Gasteiger partial charge on any atom is -0.366 e. The van der Waals surface area contributed by atoms with Gasteiger partial charge in [0.2, 0.25) is 5.95 Å². The van der Waals surface area contributed by atoms with Crippen LogP contribution in [0.1, 0.15) is 31.4 Å². The molecule has 4 heteroatoms. The van der Waals surface area contributed by atoms with Crippen molar-refractivity contribution in [2.24, 2.45) is 5.92 Å². The smallest absolute Gasteiger partial charge is 0.224 e. The van der Waals surface area contributed by atoms with Gasteiger partial charge in [-0.15, -0.1) is 0 Å². The van der Waals surface area contributed by atoms with Gasteiger partial charge in [0.15, 0.2) is 0 Å². The first kappa shape index (κ1) is 15.3. The lowest BCUT2D eigenvalue weighted by Gasteiger charge is -2.09. The quantitative estimate of drug-likeness (QED) is 0.810. The Balaban J connectivity index is 1.87. The molecule has 4 nitrogen and oxygen atoms in total. The number of benzene rings is 1. The summed E-state index contributed by atoms with van der Waals surface area (Å²) in [6.07, 6.45) is 2.90. The highest BCUT2D eigenvalue weighted by atomic mass is 15.1. The van der Waals surface area contributed by atoms with Gasteiger partial charge in [-0.05, 0) is 30.9 Å². The zero-order valence-electron chi connectivity index (χ0n) is 13.1. The first-order valence-electron chi connectivity index (χ1n) is 7.50. The van der Waals surface area contributed by atoms with Gasteiger partial charge in [-0.3, -0.25) is 0 Å². The zero-order valence-corrected chi connectivity index (χ0v) is 13.1. The van der Waals surface area contributed by atoms with Crippen molar-refractivity contribution in [1.82, 2.24) is 9.97 Å². The summed E-state index contributed by atoms with van der Waals surface area (Å²) in [6.45, 7) is 8.18. The molecule has 2 N–H and O–H groups in total. The second kappa shape index (κ2) is 7.62. The van der Waals surface area contributed by atoms with Crippen LogP contribution in [0.2, 0.25) is 0 Å². The van der Waals surface area contributed by atoms with E-state index in [1.165, 1.54) is 11.1 Å². The van der Waals surface area contributed by atoms with Crippen LogP contribution in [-0.4, -0.2) is 16.5 Å². The summed E-state index contributed by atoms with van der Waals surface area (Å²) in [5, 5.41) is 6.59. The maximum Gasteiger partial charge on any atom is 0.224 e. The lowest BCUT2D eigenvalue weighted by molar-refractivity contribution is 0.606. The molecule has 0 aliphatic rings. The van der Waals surface area contributed by atoms with Crippen LogP contribution in [0.15, 0.2) is 36.5 Å². The summed E-state index contributed by atoms with van der Waals surface area (Å²) < 4.78 is 0. The second-order valence-corrected chi connectivity index (χ2v) is 5.71. The van der Waals surface area contributed by atoms with E-state index in [-0.39, 0.29) is 0 Å². The summed E-state index contributed by atoms with van der Waals surface area (Å²) >= 11 is 0. The minimum absolute atomic E-state index is 0.681. The van der Waals surface area contributed by atoms with E-state index in [2.05, 4.69) is 65.6 Å². The van der Waals surface area contributed by atoms with Gasteiger partial charge in [-0.2, -0.15) is 4.98 Å². The third-order valence-electron chi connectivity index (χ3n) is 3.25. The fourth-order valence-electron chi connectivity index (χ4n) is 1.91. The van der Waals surface area contributed by atoms with Crippen molar-refractivity contribution in [2.75, 3.05) is 17.2 Å². The average molecular weight is 284 g/mol. The van der Waals surface area contributed by atoms with Crippen LogP contribution in [0.25, 0.3) is 0 Å². The van der Waals surface area contributed by atoms with Crippen LogP contribution in [0.3, 0.4) is 0 Å². The Morgan fingerprint density at radius 1 is 1.05 bits per heavy atom. The number of hydrogen-bond donors (Lipinski definition) is 2. The molecule has 0 atom stereocenters. The van der Waals surface area contributed by atoms with Crippen molar-refractivity contribution in [2.45, 2.75) is 33.7 Å². The van der Waals surface area contributed by atoms with E-state index >= 15 is 0 Å². The number of aryl methyl sites for hydroxylation is 1. The number of anilines is 2. The molecule has 0 radical (unpaired) electrons. The van der Waals surface area contributed by atoms with Gasteiger partial charge in [0.1, 0.15) is 5.82 Å². The Labute approximate surface area is 127 Å². The van der Waals surface area contributed by atoms with Crippen LogP contribution in [0.5, 0.6) is 0 Å². The highest BCUT2D eigenvalue weighted by Crippen LogP contribution is 2.09. The van der Waals surface area contributed by atoms with Crippen molar-refractivity contribution in [3.8, 4) is 0 Å². The average Bonchev–Trinajstić information content (AvgIpc) is 2.47. The highest BCUT2D eigenvalue weighted by molar-refractivity contribution is 5.40. The molecular weight excluding hydrogens is 260 g/mol. The highest BCUT2D eigenvalue weighted by Gasteiger charge is 2.00. The summed E-state index contributed by atoms with van der Waals surface area (Å²) in [5.74, 6) is 2.21. The van der Waals surface area contributed by atoms with Gasteiger partial charge < -0.3 is 10.6 Å². The molecule has 112 valence electrons. The third-order valence-corrected chi connectivity index (χ3v) is 3.25.